The maximum absolute atomic E-state index is 6.08. The Morgan fingerprint density at radius 3 is 2.82 bits per heavy atom. The molecule has 0 amide bonds. The Hall–Kier alpha value is 0.230. The van der Waals surface area contributed by atoms with Gasteiger partial charge in [0.2, 0.25) is 0 Å². The second kappa shape index (κ2) is 5.91. The molecule has 2 rings (SSSR count). The lowest BCUT2D eigenvalue weighted by Gasteiger charge is -2.42. The van der Waals surface area contributed by atoms with Crippen LogP contribution in [0.1, 0.15) is 32.6 Å². The van der Waals surface area contributed by atoms with Gasteiger partial charge in [0.25, 0.3) is 0 Å². The largest absolute Gasteiger partial charge is 0.376 e. The molecule has 0 aromatic rings. The summed E-state index contributed by atoms with van der Waals surface area (Å²) in [6.45, 7) is 6.19. The summed E-state index contributed by atoms with van der Waals surface area (Å²) in [5.41, 5.74) is 6.20. The van der Waals surface area contributed by atoms with Crippen molar-refractivity contribution in [2.24, 2.45) is 5.73 Å². The molecule has 0 saturated carbocycles. The van der Waals surface area contributed by atoms with Crippen LogP contribution in [0, 0.1) is 0 Å². The fraction of sp³-hybridized carbons (Fsp3) is 1.00. The molecule has 2 N–H and O–H groups in total. The first-order chi connectivity index (χ1) is 8.23. The first-order valence-electron chi connectivity index (χ1n) is 6.82. The summed E-state index contributed by atoms with van der Waals surface area (Å²) in [5.74, 6) is 0. The number of ether oxygens (including phenoxy) is 1. The maximum atomic E-state index is 6.08. The molecule has 0 aliphatic carbocycles. The van der Waals surface area contributed by atoms with Crippen LogP contribution in [0.2, 0.25) is 0 Å². The van der Waals surface area contributed by atoms with Gasteiger partial charge in [-0.3, -0.25) is 4.90 Å². The van der Waals surface area contributed by atoms with Crippen molar-refractivity contribution >= 4 is 11.8 Å². The number of hydrogen-bond acceptors (Lipinski definition) is 4. The van der Waals surface area contributed by atoms with E-state index >= 15 is 0 Å². The van der Waals surface area contributed by atoms with Gasteiger partial charge in [0.15, 0.2) is 0 Å². The summed E-state index contributed by atoms with van der Waals surface area (Å²) in [6.07, 6.45) is 7.59. The zero-order valence-electron chi connectivity index (χ0n) is 11.2. The summed E-state index contributed by atoms with van der Waals surface area (Å²) in [4.78, 5) is 2.63. The van der Waals surface area contributed by atoms with Gasteiger partial charge < -0.3 is 10.5 Å². The second-order valence-corrected chi connectivity index (χ2v) is 6.48. The molecule has 0 spiro atoms. The van der Waals surface area contributed by atoms with Crippen LogP contribution in [0.5, 0.6) is 0 Å². The number of rotatable bonds is 3. The SMILES string of the molecule is CSC1CCCN(C2(CN)CCOC2C)CC1. The van der Waals surface area contributed by atoms with Gasteiger partial charge in [-0.05, 0) is 52.0 Å². The third kappa shape index (κ3) is 2.65. The molecule has 100 valence electrons. The van der Waals surface area contributed by atoms with Crippen molar-refractivity contribution in [3.8, 4) is 0 Å². The molecule has 2 aliphatic rings. The minimum atomic E-state index is 0.118. The van der Waals surface area contributed by atoms with E-state index in [0.29, 0.717) is 6.10 Å². The van der Waals surface area contributed by atoms with Crippen molar-refractivity contribution < 1.29 is 4.74 Å². The van der Waals surface area contributed by atoms with Crippen LogP contribution in [0.4, 0.5) is 0 Å². The monoisotopic (exact) mass is 258 g/mol. The van der Waals surface area contributed by atoms with Gasteiger partial charge in [0.05, 0.1) is 11.6 Å². The molecule has 2 aliphatic heterocycles. The third-order valence-corrected chi connectivity index (χ3v) is 5.79. The van der Waals surface area contributed by atoms with E-state index in [0.717, 1.165) is 24.8 Å². The predicted molar refractivity (Wildman–Crippen MR) is 74.5 cm³/mol. The van der Waals surface area contributed by atoms with Crippen molar-refractivity contribution in [3.05, 3.63) is 0 Å². The second-order valence-electron chi connectivity index (χ2n) is 5.35. The summed E-state index contributed by atoms with van der Waals surface area (Å²) in [7, 11) is 0. The molecule has 4 heteroatoms. The van der Waals surface area contributed by atoms with Crippen LogP contribution in [-0.4, -0.2) is 54.3 Å². The lowest BCUT2D eigenvalue weighted by atomic mass is 9.89. The Labute approximate surface area is 109 Å². The van der Waals surface area contributed by atoms with Crippen LogP contribution in [0.25, 0.3) is 0 Å². The van der Waals surface area contributed by atoms with Crippen LogP contribution >= 0.6 is 11.8 Å². The Bertz CT molecular complexity index is 252. The number of nitrogens with two attached hydrogens (primary N) is 1. The van der Waals surface area contributed by atoms with Crippen molar-refractivity contribution in [3.63, 3.8) is 0 Å². The molecular formula is C13H26N2OS. The molecule has 0 radical (unpaired) electrons. The van der Waals surface area contributed by atoms with Gasteiger partial charge in [-0.2, -0.15) is 11.8 Å². The molecule has 0 aromatic carbocycles. The molecular weight excluding hydrogens is 232 g/mol. The van der Waals surface area contributed by atoms with E-state index in [4.69, 9.17) is 10.5 Å². The molecule has 17 heavy (non-hydrogen) atoms. The lowest BCUT2D eigenvalue weighted by molar-refractivity contribution is 0.0161. The van der Waals surface area contributed by atoms with Crippen LogP contribution in [0.3, 0.4) is 0 Å². The minimum Gasteiger partial charge on any atom is -0.376 e. The number of nitrogens with zero attached hydrogens (tertiary/aromatic N) is 1. The standard InChI is InChI=1S/C13H26N2OS/c1-11-13(10-14,6-9-16-11)15-7-3-4-12(17-2)5-8-15/h11-12H,3-10,14H2,1-2H3. The highest BCUT2D eigenvalue weighted by atomic mass is 32.2. The Morgan fingerprint density at radius 1 is 1.41 bits per heavy atom. The van der Waals surface area contributed by atoms with Crippen LogP contribution in [-0.2, 0) is 4.74 Å². The molecule has 0 bridgehead atoms. The Kier molecular flexibility index (Phi) is 4.75. The van der Waals surface area contributed by atoms with E-state index in [1.807, 2.05) is 11.8 Å². The van der Waals surface area contributed by atoms with E-state index in [-0.39, 0.29) is 5.54 Å². The number of thioether (sulfide) groups is 1. The van der Waals surface area contributed by atoms with E-state index in [1.165, 1.54) is 32.4 Å². The summed E-state index contributed by atoms with van der Waals surface area (Å²) < 4.78 is 5.78. The highest BCUT2D eigenvalue weighted by Gasteiger charge is 2.45. The van der Waals surface area contributed by atoms with Gasteiger partial charge in [-0.15, -0.1) is 0 Å². The number of likely N-dealkylation sites (tertiary alicyclic amines) is 1. The van der Waals surface area contributed by atoms with Crippen molar-refractivity contribution in [2.45, 2.75) is 49.5 Å². The normalized spacial score (nSPS) is 40.4. The molecule has 2 saturated heterocycles. The fourth-order valence-corrected chi connectivity index (χ4v) is 4.07. The van der Waals surface area contributed by atoms with Gasteiger partial charge in [-0.25, -0.2) is 0 Å². The van der Waals surface area contributed by atoms with E-state index < -0.39 is 0 Å². The minimum absolute atomic E-state index is 0.118. The van der Waals surface area contributed by atoms with Gasteiger partial charge in [0.1, 0.15) is 0 Å². The molecule has 3 atom stereocenters. The van der Waals surface area contributed by atoms with Gasteiger partial charge in [-0.1, -0.05) is 0 Å². The highest BCUT2D eigenvalue weighted by Crippen LogP contribution is 2.34. The number of hydrogen-bond donors (Lipinski definition) is 1. The first-order valence-corrected chi connectivity index (χ1v) is 8.11. The summed E-state index contributed by atoms with van der Waals surface area (Å²) in [6, 6.07) is 0. The Balaban J connectivity index is 2.04. The third-order valence-electron chi connectivity index (χ3n) is 4.65. The van der Waals surface area contributed by atoms with Gasteiger partial charge >= 0.3 is 0 Å². The maximum Gasteiger partial charge on any atom is 0.0743 e. The van der Waals surface area contributed by atoms with Crippen molar-refractivity contribution in [2.75, 3.05) is 32.5 Å². The van der Waals surface area contributed by atoms with E-state index in [9.17, 15) is 0 Å². The summed E-state index contributed by atoms with van der Waals surface area (Å²) in [5, 5.41) is 0.840. The quantitative estimate of drug-likeness (QED) is 0.836. The molecule has 2 heterocycles. The molecule has 0 aromatic heterocycles. The topological polar surface area (TPSA) is 38.5 Å². The smallest absolute Gasteiger partial charge is 0.0743 e. The molecule has 3 unspecified atom stereocenters. The zero-order chi connectivity index (χ0) is 12.3. The van der Waals surface area contributed by atoms with E-state index in [1.54, 1.807) is 0 Å². The lowest BCUT2D eigenvalue weighted by Crippen LogP contribution is -2.58. The molecule has 2 fully saturated rings. The predicted octanol–water partition coefficient (Wildman–Crippen LogP) is 1.71. The van der Waals surface area contributed by atoms with Crippen molar-refractivity contribution in [1.29, 1.82) is 0 Å². The first kappa shape index (κ1) is 13.7. The van der Waals surface area contributed by atoms with Crippen LogP contribution in [0.15, 0.2) is 0 Å². The van der Waals surface area contributed by atoms with E-state index in [2.05, 4.69) is 18.1 Å². The zero-order valence-corrected chi connectivity index (χ0v) is 12.0. The van der Waals surface area contributed by atoms with Crippen LogP contribution < -0.4 is 5.73 Å². The molecule has 3 nitrogen and oxygen atoms in total. The summed E-state index contributed by atoms with van der Waals surface area (Å²) >= 11 is 2.02. The Morgan fingerprint density at radius 2 is 2.24 bits per heavy atom. The van der Waals surface area contributed by atoms with Gasteiger partial charge in [0, 0.05) is 18.4 Å². The fourth-order valence-electron chi connectivity index (χ4n) is 3.33. The highest BCUT2D eigenvalue weighted by molar-refractivity contribution is 7.99. The average Bonchev–Trinajstić information content (AvgIpc) is 2.59. The van der Waals surface area contributed by atoms with Crippen molar-refractivity contribution in [1.82, 2.24) is 4.90 Å². The average molecular weight is 258 g/mol.